The fraction of sp³-hybridized carbons (Fsp3) is 0.556. The molecule has 0 aliphatic rings. The molecule has 0 saturated carbocycles. The van der Waals surface area contributed by atoms with Crippen LogP contribution in [0.2, 0.25) is 0 Å². The van der Waals surface area contributed by atoms with Gasteiger partial charge in [-0.3, -0.25) is 9.48 Å². The molecule has 0 fully saturated rings. The molecule has 1 amide bonds. The number of carbonyl (C=O) groups excluding carboxylic acids is 1. The molecule has 1 heterocycles. The van der Waals surface area contributed by atoms with Crippen molar-refractivity contribution in [2.75, 3.05) is 19.0 Å². The van der Waals surface area contributed by atoms with Gasteiger partial charge in [-0.25, -0.2) is 0 Å². The minimum absolute atomic E-state index is 0.0633. The average molecular weight is 197 g/mol. The van der Waals surface area contributed by atoms with Gasteiger partial charge in [0.05, 0.1) is 17.1 Å². The van der Waals surface area contributed by atoms with E-state index in [-0.39, 0.29) is 12.5 Å². The van der Waals surface area contributed by atoms with Crippen LogP contribution in [0.5, 0.6) is 0 Å². The standard InChI is InChI=1S/C9H15N3O2/c1-6-9(7(2)12(3)11-6)10-8(13)5-14-4/h5H2,1-4H3,(H,10,13). The van der Waals surface area contributed by atoms with E-state index in [1.54, 1.807) is 4.68 Å². The first-order valence-electron chi connectivity index (χ1n) is 4.35. The van der Waals surface area contributed by atoms with Gasteiger partial charge in [0.25, 0.3) is 0 Å². The number of aryl methyl sites for hydroxylation is 2. The van der Waals surface area contributed by atoms with Crippen molar-refractivity contribution in [1.82, 2.24) is 9.78 Å². The highest BCUT2D eigenvalue weighted by molar-refractivity contribution is 5.92. The minimum Gasteiger partial charge on any atom is -0.375 e. The van der Waals surface area contributed by atoms with Gasteiger partial charge in [-0.1, -0.05) is 0 Å². The second-order valence-corrected chi connectivity index (χ2v) is 3.15. The number of rotatable bonds is 3. The van der Waals surface area contributed by atoms with Crippen LogP contribution in [-0.4, -0.2) is 29.4 Å². The lowest BCUT2D eigenvalue weighted by atomic mass is 10.3. The van der Waals surface area contributed by atoms with E-state index in [9.17, 15) is 4.79 Å². The van der Waals surface area contributed by atoms with Crippen molar-refractivity contribution >= 4 is 11.6 Å². The number of nitrogens with zero attached hydrogens (tertiary/aromatic N) is 2. The fourth-order valence-electron chi connectivity index (χ4n) is 1.26. The van der Waals surface area contributed by atoms with Gasteiger partial charge in [0, 0.05) is 14.2 Å². The lowest BCUT2D eigenvalue weighted by Gasteiger charge is -2.04. The van der Waals surface area contributed by atoms with E-state index in [0.29, 0.717) is 0 Å². The van der Waals surface area contributed by atoms with Crippen LogP contribution in [0.25, 0.3) is 0 Å². The summed E-state index contributed by atoms with van der Waals surface area (Å²) in [7, 11) is 3.33. The van der Waals surface area contributed by atoms with Crippen LogP contribution in [0.4, 0.5) is 5.69 Å². The summed E-state index contributed by atoms with van der Waals surface area (Å²) in [5.74, 6) is -0.160. The molecule has 1 rings (SSSR count). The Bertz CT molecular complexity index is 344. The molecule has 0 bridgehead atoms. The van der Waals surface area contributed by atoms with Crippen molar-refractivity contribution in [1.29, 1.82) is 0 Å². The van der Waals surface area contributed by atoms with Crippen LogP contribution < -0.4 is 5.32 Å². The third-order valence-electron chi connectivity index (χ3n) is 2.05. The van der Waals surface area contributed by atoms with Gasteiger partial charge >= 0.3 is 0 Å². The lowest BCUT2D eigenvalue weighted by Crippen LogP contribution is -2.18. The molecule has 5 heteroatoms. The molecule has 0 spiro atoms. The van der Waals surface area contributed by atoms with E-state index in [2.05, 4.69) is 10.4 Å². The number of carbonyl (C=O) groups is 1. The molecule has 0 saturated heterocycles. The molecule has 0 unspecified atom stereocenters. The predicted octanol–water partition coefficient (Wildman–Crippen LogP) is 0.622. The topological polar surface area (TPSA) is 56.1 Å². The normalized spacial score (nSPS) is 10.3. The number of amides is 1. The lowest BCUT2D eigenvalue weighted by molar-refractivity contribution is -0.119. The first-order chi connectivity index (χ1) is 6.56. The summed E-state index contributed by atoms with van der Waals surface area (Å²) in [6.07, 6.45) is 0. The summed E-state index contributed by atoms with van der Waals surface area (Å²) in [6.45, 7) is 3.83. The number of hydrogen-bond donors (Lipinski definition) is 1. The summed E-state index contributed by atoms with van der Waals surface area (Å²) in [5.41, 5.74) is 2.52. The quantitative estimate of drug-likeness (QED) is 0.772. The van der Waals surface area contributed by atoms with Crippen molar-refractivity contribution in [2.45, 2.75) is 13.8 Å². The van der Waals surface area contributed by atoms with E-state index < -0.39 is 0 Å². The third-order valence-corrected chi connectivity index (χ3v) is 2.05. The van der Waals surface area contributed by atoms with Crippen molar-refractivity contribution in [3.63, 3.8) is 0 Å². The highest BCUT2D eigenvalue weighted by atomic mass is 16.5. The zero-order valence-electron chi connectivity index (χ0n) is 8.92. The molecule has 0 radical (unpaired) electrons. The Hall–Kier alpha value is -1.36. The molecule has 78 valence electrons. The van der Waals surface area contributed by atoms with Crippen molar-refractivity contribution in [2.24, 2.45) is 7.05 Å². The average Bonchev–Trinajstić information content (AvgIpc) is 2.33. The Kier molecular flexibility index (Phi) is 3.24. The molecule has 1 aromatic heterocycles. The second kappa shape index (κ2) is 4.23. The van der Waals surface area contributed by atoms with Gasteiger partial charge in [-0.15, -0.1) is 0 Å². The fourth-order valence-corrected chi connectivity index (χ4v) is 1.26. The van der Waals surface area contributed by atoms with Crippen LogP contribution in [0.1, 0.15) is 11.4 Å². The maximum Gasteiger partial charge on any atom is 0.250 e. The van der Waals surface area contributed by atoms with Gasteiger partial charge in [0.15, 0.2) is 0 Å². The Morgan fingerprint density at radius 3 is 2.64 bits per heavy atom. The molecular weight excluding hydrogens is 182 g/mol. The Morgan fingerprint density at radius 2 is 2.21 bits per heavy atom. The van der Waals surface area contributed by atoms with Crippen molar-refractivity contribution in [3.8, 4) is 0 Å². The van der Waals surface area contributed by atoms with Crippen molar-refractivity contribution in [3.05, 3.63) is 11.4 Å². The number of anilines is 1. The summed E-state index contributed by atoms with van der Waals surface area (Å²) < 4.78 is 6.46. The van der Waals surface area contributed by atoms with Crippen LogP contribution in [-0.2, 0) is 16.6 Å². The monoisotopic (exact) mass is 197 g/mol. The summed E-state index contributed by atoms with van der Waals surface area (Å²) in [6, 6.07) is 0. The SMILES string of the molecule is COCC(=O)Nc1c(C)nn(C)c1C. The first-order valence-corrected chi connectivity index (χ1v) is 4.35. The molecular formula is C9H15N3O2. The first kappa shape index (κ1) is 10.7. The molecule has 1 aromatic rings. The van der Waals surface area contributed by atoms with Crippen molar-refractivity contribution < 1.29 is 9.53 Å². The number of hydrogen-bond acceptors (Lipinski definition) is 3. The summed E-state index contributed by atoms with van der Waals surface area (Å²) in [4.78, 5) is 11.3. The predicted molar refractivity (Wildman–Crippen MR) is 53.2 cm³/mol. The van der Waals surface area contributed by atoms with Gasteiger partial charge in [0.2, 0.25) is 5.91 Å². The molecule has 14 heavy (non-hydrogen) atoms. The Balaban J connectivity index is 2.81. The van der Waals surface area contributed by atoms with Crippen LogP contribution in [0.3, 0.4) is 0 Å². The smallest absolute Gasteiger partial charge is 0.250 e. The van der Waals surface area contributed by atoms with Gasteiger partial charge < -0.3 is 10.1 Å². The molecule has 0 aromatic carbocycles. The number of aromatic nitrogens is 2. The Labute approximate surface area is 83.1 Å². The van der Waals surface area contributed by atoms with Crippen LogP contribution in [0, 0.1) is 13.8 Å². The third kappa shape index (κ3) is 2.11. The molecule has 1 N–H and O–H groups in total. The summed E-state index contributed by atoms with van der Waals surface area (Å²) in [5, 5.41) is 6.94. The van der Waals surface area contributed by atoms with Gasteiger partial charge in [-0.2, -0.15) is 5.10 Å². The molecule has 0 aliphatic heterocycles. The molecule has 0 aliphatic carbocycles. The highest BCUT2D eigenvalue weighted by Gasteiger charge is 2.11. The zero-order valence-corrected chi connectivity index (χ0v) is 8.92. The molecule has 0 atom stereocenters. The number of methoxy groups -OCH3 is 1. The minimum atomic E-state index is -0.160. The van der Waals surface area contributed by atoms with Crippen LogP contribution in [0.15, 0.2) is 0 Å². The molecule has 5 nitrogen and oxygen atoms in total. The van der Waals surface area contributed by atoms with Crippen LogP contribution >= 0.6 is 0 Å². The van der Waals surface area contributed by atoms with E-state index in [4.69, 9.17) is 4.74 Å². The Morgan fingerprint density at radius 1 is 1.57 bits per heavy atom. The maximum atomic E-state index is 11.3. The van der Waals surface area contributed by atoms with Gasteiger partial charge in [-0.05, 0) is 13.8 Å². The van der Waals surface area contributed by atoms with E-state index in [0.717, 1.165) is 17.1 Å². The van der Waals surface area contributed by atoms with E-state index in [1.165, 1.54) is 7.11 Å². The number of ether oxygens (including phenoxy) is 1. The summed E-state index contributed by atoms with van der Waals surface area (Å²) >= 11 is 0. The highest BCUT2D eigenvalue weighted by Crippen LogP contribution is 2.17. The maximum absolute atomic E-state index is 11.3. The van der Waals surface area contributed by atoms with Gasteiger partial charge in [0.1, 0.15) is 6.61 Å². The number of nitrogens with one attached hydrogen (secondary N) is 1. The second-order valence-electron chi connectivity index (χ2n) is 3.15. The zero-order chi connectivity index (χ0) is 10.7. The van der Waals surface area contributed by atoms with E-state index in [1.807, 2.05) is 20.9 Å². The van der Waals surface area contributed by atoms with E-state index >= 15 is 0 Å². The largest absolute Gasteiger partial charge is 0.375 e.